The second kappa shape index (κ2) is 4.42. The fourth-order valence-corrected chi connectivity index (χ4v) is 4.00. The molecule has 1 aromatic rings. The van der Waals surface area contributed by atoms with Crippen LogP contribution in [0.5, 0.6) is 0 Å². The van der Waals surface area contributed by atoms with Gasteiger partial charge in [-0.1, -0.05) is 0 Å². The molecule has 1 aliphatic heterocycles. The maximum Gasteiger partial charge on any atom is 0.239 e. The highest BCUT2D eigenvalue weighted by atomic mass is 32.1. The molecule has 2 atom stereocenters. The lowest BCUT2D eigenvalue weighted by Crippen LogP contribution is -2.50. The van der Waals surface area contributed by atoms with E-state index in [1.165, 1.54) is 23.3 Å². The molecule has 2 aliphatic rings. The zero-order valence-corrected chi connectivity index (χ0v) is 10.7. The van der Waals surface area contributed by atoms with Crippen LogP contribution in [-0.2, 0) is 11.2 Å². The van der Waals surface area contributed by atoms with E-state index in [2.05, 4.69) is 11.4 Å². The molecule has 0 saturated carbocycles. The van der Waals surface area contributed by atoms with Crippen molar-refractivity contribution in [1.29, 1.82) is 0 Å². The quantitative estimate of drug-likeness (QED) is 0.829. The van der Waals surface area contributed by atoms with Gasteiger partial charge in [0.15, 0.2) is 0 Å². The number of nitrogens with two attached hydrogens (primary N) is 1. The summed E-state index contributed by atoms with van der Waals surface area (Å²) in [6, 6.07) is 2.22. The Hall–Kier alpha value is -0.870. The van der Waals surface area contributed by atoms with E-state index < -0.39 is 0 Å². The Kier molecular flexibility index (Phi) is 2.92. The summed E-state index contributed by atoms with van der Waals surface area (Å²) in [7, 11) is 0. The lowest BCUT2D eigenvalue weighted by atomic mass is 9.90. The van der Waals surface area contributed by atoms with Crippen molar-refractivity contribution in [3.8, 4) is 0 Å². The summed E-state index contributed by atoms with van der Waals surface area (Å²) in [5.41, 5.74) is 7.26. The molecule has 0 aromatic carbocycles. The average molecular weight is 250 g/mol. The number of hydrogen-bond donors (Lipinski definition) is 1. The van der Waals surface area contributed by atoms with Crippen LogP contribution in [0.25, 0.3) is 0 Å². The van der Waals surface area contributed by atoms with Crippen LogP contribution in [-0.4, -0.2) is 23.4 Å². The summed E-state index contributed by atoms with van der Waals surface area (Å²) in [6.07, 6.45) is 5.36. The van der Waals surface area contributed by atoms with E-state index in [1.807, 2.05) is 16.2 Å². The molecule has 1 aromatic heterocycles. The minimum Gasteiger partial charge on any atom is -0.334 e. The number of thiophene rings is 1. The molecule has 17 heavy (non-hydrogen) atoms. The van der Waals surface area contributed by atoms with Gasteiger partial charge >= 0.3 is 0 Å². The van der Waals surface area contributed by atoms with Crippen LogP contribution >= 0.6 is 11.3 Å². The van der Waals surface area contributed by atoms with Gasteiger partial charge in [0, 0.05) is 11.4 Å². The number of likely N-dealkylation sites (tertiary alicyclic amines) is 1. The summed E-state index contributed by atoms with van der Waals surface area (Å²) in [5.74, 6) is 0.153. The summed E-state index contributed by atoms with van der Waals surface area (Å²) < 4.78 is 0. The van der Waals surface area contributed by atoms with Gasteiger partial charge in [0.2, 0.25) is 5.91 Å². The second-order valence-electron chi connectivity index (χ2n) is 4.99. The van der Waals surface area contributed by atoms with E-state index in [0.717, 1.165) is 25.8 Å². The van der Waals surface area contributed by atoms with Crippen LogP contribution in [0.1, 0.15) is 42.2 Å². The SMILES string of the molecule is NC1CCCN(C2CCCc3sccc32)C1=O. The Morgan fingerprint density at radius 3 is 3.12 bits per heavy atom. The highest BCUT2D eigenvalue weighted by molar-refractivity contribution is 7.10. The molecule has 0 spiro atoms. The largest absolute Gasteiger partial charge is 0.334 e. The molecule has 1 aliphatic carbocycles. The fraction of sp³-hybridized carbons (Fsp3) is 0.615. The Labute approximate surface area is 106 Å². The van der Waals surface area contributed by atoms with Crippen LogP contribution in [0.2, 0.25) is 0 Å². The van der Waals surface area contributed by atoms with Crippen molar-refractivity contribution in [3.63, 3.8) is 0 Å². The van der Waals surface area contributed by atoms with Gasteiger partial charge in [0.1, 0.15) is 0 Å². The summed E-state index contributed by atoms with van der Waals surface area (Å²) in [6.45, 7) is 0.881. The van der Waals surface area contributed by atoms with Crippen LogP contribution in [0, 0.1) is 0 Å². The van der Waals surface area contributed by atoms with Crippen molar-refractivity contribution in [2.45, 2.75) is 44.2 Å². The number of piperidine rings is 1. The van der Waals surface area contributed by atoms with E-state index in [0.29, 0.717) is 6.04 Å². The van der Waals surface area contributed by atoms with Gasteiger partial charge in [0.05, 0.1) is 12.1 Å². The van der Waals surface area contributed by atoms with E-state index in [1.54, 1.807) is 0 Å². The molecule has 3 rings (SSSR count). The van der Waals surface area contributed by atoms with Crippen LogP contribution in [0.4, 0.5) is 0 Å². The smallest absolute Gasteiger partial charge is 0.239 e. The van der Waals surface area contributed by atoms with Gasteiger partial charge < -0.3 is 10.6 Å². The van der Waals surface area contributed by atoms with Crippen LogP contribution in [0.15, 0.2) is 11.4 Å². The predicted molar refractivity (Wildman–Crippen MR) is 68.9 cm³/mol. The highest BCUT2D eigenvalue weighted by Gasteiger charge is 2.34. The van der Waals surface area contributed by atoms with Gasteiger partial charge in [-0.25, -0.2) is 0 Å². The van der Waals surface area contributed by atoms with Crippen LogP contribution in [0.3, 0.4) is 0 Å². The molecule has 1 saturated heterocycles. The molecule has 0 bridgehead atoms. The minimum atomic E-state index is -0.271. The van der Waals surface area contributed by atoms with E-state index >= 15 is 0 Å². The van der Waals surface area contributed by atoms with Gasteiger partial charge in [-0.2, -0.15) is 0 Å². The third-order valence-electron chi connectivity index (χ3n) is 3.91. The van der Waals surface area contributed by atoms with Gasteiger partial charge in [-0.05, 0) is 49.1 Å². The van der Waals surface area contributed by atoms with E-state index in [-0.39, 0.29) is 11.9 Å². The molecular formula is C13H18N2OS. The first-order valence-electron chi connectivity index (χ1n) is 6.39. The molecule has 2 heterocycles. The molecule has 0 radical (unpaired) electrons. The van der Waals surface area contributed by atoms with Gasteiger partial charge in [-0.3, -0.25) is 4.79 Å². The van der Waals surface area contributed by atoms with Gasteiger partial charge in [0.25, 0.3) is 0 Å². The fourth-order valence-electron chi connectivity index (χ4n) is 3.02. The second-order valence-corrected chi connectivity index (χ2v) is 5.99. The monoisotopic (exact) mass is 250 g/mol. The topological polar surface area (TPSA) is 46.3 Å². The third-order valence-corrected chi connectivity index (χ3v) is 4.91. The number of nitrogens with zero attached hydrogens (tertiary/aromatic N) is 1. The van der Waals surface area contributed by atoms with Crippen molar-refractivity contribution in [2.24, 2.45) is 5.73 Å². The zero-order valence-electron chi connectivity index (χ0n) is 9.89. The molecule has 3 nitrogen and oxygen atoms in total. The minimum absolute atomic E-state index is 0.153. The first kappa shape index (κ1) is 11.2. The number of amides is 1. The number of carbonyl (C=O) groups excluding carboxylic acids is 1. The van der Waals surface area contributed by atoms with E-state index in [4.69, 9.17) is 5.73 Å². The lowest BCUT2D eigenvalue weighted by molar-refractivity contribution is -0.138. The molecule has 92 valence electrons. The standard InChI is InChI=1S/C13H18N2OS/c14-10-3-2-7-15(13(10)16)11-4-1-5-12-9(11)6-8-17-12/h6,8,10-11H,1-5,7,14H2. The van der Waals surface area contributed by atoms with Crippen molar-refractivity contribution >= 4 is 17.2 Å². The van der Waals surface area contributed by atoms with Crippen LogP contribution < -0.4 is 5.73 Å². The first-order valence-corrected chi connectivity index (χ1v) is 7.27. The Bertz CT molecular complexity index is 429. The van der Waals surface area contributed by atoms with Crippen molar-refractivity contribution in [3.05, 3.63) is 21.9 Å². The number of fused-ring (bicyclic) bond motifs is 1. The summed E-state index contributed by atoms with van der Waals surface area (Å²) in [4.78, 5) is 15.7. The zero-order chi connectivity index (χ0) is 11.8. The Morgan fingerprint density at radius 2 is 2.24 bits per heavy atom. The van der Waals surface area contributed by atoms with Crippen molar-refractivity contribution in [1.82, 2.24) is 4.90 Å². The normalized spacial score (nSPS) is 29.2. The van der Waals surface area contributed by atoms with E-state index in [9.17, 15) is 4.79 Å². The molecule has 1 amide bonds. The summed E-state index contributed by atoms with van der Waals surface area (Å²) >= 11 is 1.83. The van der Waals surface area contributed by atoms with Crippen molar-refractivity contribution < 1.29 is 4.79 Å². The maximum atomic E-state index is 12.2. The summed E-state index contributed by atoms with van der Waals surface area (Å²) in [5, 5.41) is 2.15. The molecule has 1 fully saturated rings. The highest BCUT2D eigenvalue weighted by Crippen LogP contribution is 2.38. The lowest BCUT2D eigenvalue weighted by Gasteiger charge is -2.39. The molecule has 4 heteroatoms. The molecular weight excluding hydrogens is 232 g/mol. The maximum absolute atomic E-state index is 12.2. The average Bonchev–Trinajstić information content (AvgIpc) is 2.81. The molecule has 2 unspecified atom stereocenters. The predicted octanol–water partition coefficient (Wildman–Crippen LogP) is 2.08. The first-order chi connectivity index (χ1) is 8.27. The third kappa shape index (κ3) is 1.89. The van der Waals surface area contributed by atoms with Crippen molar-refractivity contribution in [2.75, 3.05) is 6.54 Å². The Morgan fingerprint density at radius 1 is 1.35 bits per heavy atom. The van der Waals surface area contributed by atoms with Gasteiger partial charge in [-0.15, -0.1) is 11.3 Å². The Balaban J connectivity index is 1.88. The number of rotatable bonds is 1. The number of carbonyl (C=O) groups is 1. The molecule has 2 N–H and O–H groups in total. The number of aryl methyl sites for hydroxylation is 1. The number of hydrogen-bond acceptors (Lipinski definition) is 3.